The van der Waals surface area contributed by atoms with E-state index in [2.05, 4.69) is 10.6 Å². The molecule has 1 aliphatic heterocycles. The van der Waals surface area contributed by atoms with E-state index in [0.29, 0.717) is 29.5 Å². The lowest BCUT2D eigenvalue weighted by Gasteiger charge is -2.18. The summed E-state index contributed by atoms with van der Waals surface area (Å²) in [5.41, 5.74) is 1.30. The van der Waals surface area contributed by atoms with Crippen LogP contribution in [0.5, 0.6) is 5.75 Å². The first-order valence-electron chi connectivity index (χ1n) is 7.57. The second-order valence-electron chi connectivity index (χ2n) is 5.79. The number of anilines is 2. The molecule has 0 spiro atoms. The molecule has 1 aromatic carbocycles. The number of carbonyl (C=O) groups excluding carboxylic acids is 2. The van der Waals surface area contributed by atoms with Gasteiger partial charge in [0.25, 0.3) is 5.91 Å². The van der Waals surface area contributed by atoms with Crippen LogP contribution >= 0.6 is 0 Å². The van der Waals surface area contributed by atoms with Gasteiger partial charge in [-0.25, -0.2) is 0 Å². The third-order valence-electron chi connectivity index (χ3n) is 4.15. The Balaban J connectivity index is 1.55. The fraction of sp³-hybridized carbons (Fsp3) is 0.500. The highest BCUT2D eigenvalue weighted by Gasteiger charge is 2.18. The highest BCUT2D eigenvalue weighted by Crippen LogP contribution is 2.31. The second-order valence-corrected chi connectivity index (χ2v) is 5.79. The Morgan fingerprint density at radius 1 is 1.33 bits per heavy atom. The maximum Gasteiger partial charge on any atom is 0.262 e. The predicted molar refractivity (Wildman–Crippen MR) is 80.4 cm³/mol. The Morgan fingerprint density at radius 3 is 2.95 bits per heavy atom. The van der Waals surface area contributed by atoms with Gasteiger partial charge in [0.1, 0.15) is 5.75 Å². The molecule has 1 aromatic rings. The first-order chi connectivity index (χ1) is 10.2. The van der Waals surface area contributed by atoms with Crippen molar-refractivity contribution in [1.82, 2.24) is 0 Å². The summed E-state index contributed by atoms with van der Waals surface area (Å²) in [6, 6.07) is 5.30. The molecule has 112 valence electrons. The summed E-state index contributed by atoms with van der Waals surface area (Å²) in [5, 5.41) is 5.62. The van der Waals surface area contributed by atoms with E-state index in [-0.39, 0.29) is 18.4 Å². The van der Waals surface area contributed by atoms with Gasteiger partial charge in [0, 0.05) is 12.1 Å². The molecule has 3 rings (SSSR count). The lowest BCUT2D eigenvalue weighted by atomic mass is 10.0. The molecule has 5 heteroatoms. The van der Waals surface area contributed by atoms with E-state index in [1.54, 1.807) is 18.2 Å². The lowest BCUT2D eigenvalue weighted by molar-refractivity contribution is -0.118. The van der Waals surface area contributed by atoms with Crippen LogP contribution in [0.3, 0.4) is 0 Å². The van der Waals surface area contributed by atoms with Gasteiger partial charge in [0.2, 0.25) is 5.91 Å². The van der Waals surface area contributed by atoms with Crippen LogP contribution in [0.1, 0.15) is 38.5 Å². The first-order valence-corrected chi connectivity index (χ1v) is 7.57. The third-order valence-corrected chi connectivity index (χ3v) is 4.15. The van der Waals surface area contributed by atoms with Gasteiger partial charge in [0.15, 0.2) is 6.61 Å². The van der Waals surface area contributed by atoms with Crippen LogP contribution in [0.15, 0.2) is 18.2 Å². The molecule has 0 unspecified atom stereocenters. The predicted octanol–water partition coefficient (Wildman–Crippen LogP) is 2.93. The van der Waals surface area contributed by atoms with Crippen molar-refractivity contribution in [3.63, 3.8) is 0 Å². The summed E-state index contributed by atoms with van der Waals surface area (Å²) in [4.78, 5) is 23.3. The molecule has 21 heavy (non-hydrogen) atoms. The van der Waals surface area contributed by atoms with E-state index in [0.717, 1.165) is 6.42 Å². The molecule has 0 atom stereocenters. The summed E-state index contributed by atoms with van der Waals surface area (Å²) in [7, 11) is 0. The van der Waals surface area contributed by atoms with Crippen molar-refractivity contribution < 1.29 is 14.3 Å². The van der Waals surface area contributed by atoms with Gasteiger partial charge in [-0.3, -0.25) is 9.59 Å². The summed E-state index contributed by atoms with van der Waals surface area (Å²) in [5.74, 6) is 1.21. The fourth-order valence-electron chi connectivity index (χ4n) is 3.02. The van der Waals surface area contributed by atoms with Crippen LogP contribution in [-0.2, 0) is 9.59 Å². The molecule has 2 aliphatic rings. The minimum Gasteiger partial charge on any atom is -0.482 e. The van der Waals surface area contributed by atoms with E-state index >= 15 is 0 Å². The van der Waals surface area contributed by atoms with Gasteiger partial charge in [-0.1, -0.05) is 25.7 Å². The number of nitrogens with one attached hydrogen (secondary N) is 2. The van der Waals surface area contributed by atoms with Gasteiger partial charge in [-0.05, 0) is 30.5 Å². The molecule has 1 aliphatic carbocycles. The molecular weight excluding hydrogens is 268 g/mol. The number of fused-ring (bicyclic) bond motifs is 1. The Kier molecular flexibility index (Phi) is 4.08. The minimum absolute atomic E-state index is 0.0323. The smallest absolute Gasteiger partial charge is 0.262 e. The Labute approximate surface area is 124 Å². The highest BCUT2D eigenvalue weighted by molar-refractivity contribution is 5.97. The maximum absolute atomic E-state index is 12.0. The van der Waals surface area contributed by atoms with E-state index in [1.165, 1.54) is 25.7 Å². The standard InChI is InChI=1S/C16H20N2O3/c19-15(8-5-11-3-1-2-4-11)17-12-6-7-14-13(9-12)18-16(20)10-21-14/h6-7,9,11H,1-5,8,10H2,(H,17,19)(H,18,20). The van der Waals surface area contributed by atoms with Gasteiger partial charge < -0.3 is 15.4 Å². The number of rotatable bonds is 4. The van der Waals surface area contributed by atoms with Crippen molar-refractivity contribution >= 4 is 23.2 Å². The fourth-order valence-corrected chi connectivity index (χ4v) is 3.02. The molecule has 1 saturated carbocycles. The summed E-state index contributed by atoms with van der Waals surface area (Å²) in [6.45, 7) is 0.0418. The largest absolute Gasteiger partial charge is 0.482 e. The number of amides is 2. The van der Waals surface area contributed by atoms with Crippen LogP contribution in [0.25, 0.3) is 0 Å². The van der Waals surface area contributed by atoms with Crippen molar-refractivity contribution in [3.8, 4) is 5.75 Å². The lowest BCUT2D eigenvalue weighted by Crippen LogP contribution is -2.25. The van der Waals surface area contributed by atoms with Gasteiger partial charge >= 0.3 is 0 Å². The zero-order valence-electron chi connectivity index (χ0n) is 12.0. The van der Waals surface area contributed by atoms with Crippen LogP contribution in [-0.4, -0.2) is 18.4 Å². The van der Waals surface area contributed by atoms with E-state index in [4.69, 9.17) is 4.74 Å². The number of ether oxygens (including phenoxy) is 1. The average Bonchev–Trinajstić information content (AvgIpc) is 2.98. The molecule has 0 aromatic heterocycles. The van der Waals surface area contributed by atoms with E-state index in [9.17, 15) is 9.59 Å². The summed E-state index contributed by atoms with van der Waals surface area (Å²) >= 11 is 0. The van der Waals surface area contributed by atoms with Crippen molar-refractivity contribution in [1.29, 1.82) is 0 Å². The molecule has 1 heterocycles. The Morgan fingerprint density at radius 2 is 2.14 bits per heavy atom. The molecule has 0 bridgehead atoms. The Hall–Kier alpha value is -2.04. The maximum atomic E-state index is 12.0. The molecule has 0 radical (unpaired) electrons. The third kappa shape index (κ3) is 3.54. The second kappa shape index (κ2) is 6.16. The van der Waals surface area contributed by atoms with Crippen LogP contribution in [0.2, 0.25) is 0 Å². The van der Waals surface area contributed by atoms with Gasteiger partial charge in [0.05, 0.1) is 5.69 Å². The normalized spacial score (nSPS) is 17.8. The van der Waals surface area contributed by atoms with Gasteiger partial charge in [-0.2, -0.15) is 0 Å². The van der Waals surface area contributed by atoms with E-state index in [1.807, 2.05) is 0 Å². The van der Waals surface area contributed by atoms with E-state index < -0.39 is 0 Å². The molecule has 0 saturated heterocycles. The summed E-state index contributed by atoms with van der Waals surface area (Å²) in [6.07, 6.45) is 6.65. The quantitative estimate of drug-likeness (QED) is 0.895. The van der Waals surface area contributed by atoms with Crippen LogP contribution in [0, 0.1) is 5.92 Å². The topological polar surface area (TPSA) is 67.4 Å². The van der Waals surface area contributed by atoms with Crippen molar-refractivity contribution in [3.05, 3.63) is 18.2 Å². The Bertz CT molecular complexity index is 550. The molecule has 2 N–H and O–H groups in total. The number of hydrogen-bond acceptors (Lipinski definition) is 3. The molecular formula is C16H20N2O3. The molecule has 2 amide bonds. The first kappa shape index (κ1) is 13.9. The summed E-state index contributed by atoms with van der Waals surface area (Å²) < 4.78 is 5.29. The number of carbonyl (C=O) groups is 2. The molecule has 5 nitrogen and oxygen atoms in total. The van der Waals surface area contributed by atoms with Gasteiger partial charge in [-0.15, -0.1) is 0 Å². The monoisotopic (exact) mass is 288 g/mol. The van der Waals surface area contributed by atoms with Crippen molar-refractivity contribution in [2.24, 2.45) is 5.92 Å². The SMILES string of the molecule is O=C(CCC1CCCC1)Nc1ccc2c(c1)NC(=O)CO2. The number of hydrogen-bond donors (Lipinski definition) is 2. The average molecular weight is 288 g/mol. The van der Waals surface area contributed by atoms with Crippen molar-refractivity contribution in [2.75, 3.05) is 17.2 Å². The zero-order chi connectivity index (χ0) is 14.7. The van der Waals surface area contributed by atoms with Crippen LogP contribution < -0.4 is 15.4 Å². The van der Waals surface area contributed by atoms with Crippen molar-refractivity contribution in [2.45, 2.75) is 38.5 Å². The zero-order valence-corrected chi connectivity index (χ0v) is 12.0. The number of benzene rings is 1. The van der Waals surface area contributed by atoms with Crippen LogP contribution in [0.4, 0.5) is 11.4 Å². The minimum atomic E-state index is -0.174. The molecule has 1 fully saturated rings. The highest BCUT2D eigenvalue weighted by atomic mass is 16.5.